The second-order valence-corrected chi connectivity index (χ2v) is 5.90. The number of hydrogen-bond acceptors (Lipinski definition) is 1. The molecule has 0 amide bonds. The average molecular weight is 335 g/mol. The Morgan fingerprint density at radius 2 is 2.00 bits per heavy atom. The van der Waals surface area contributed by atoms with Gasteiger partial charge in [0.2, 0.25) is 0 Å². The molecule has 3 heteroatoms. The summed E-state index contributed by atoms with van der Waals surface area (Å²) in [6.07, 6.45) is 3.42. The Hall–Kier alpha value is -1.19. The smallest absolute Gasteiger partial charge is 0.137 e. The summed E-state index contributed by atoms with van der Waals surface area (Å²) in [5.41, 5.74) is 3.52. The number of aryl methyl sites for hydroxylation is 1. The molecule has 0 aromatic heterocycles. The molecule has 20 heavy (non-hydrogen) atoms. The molecule has 0 N–H and O–H groups in total. The van der Waals surface area contributed by atoms with Gasteiger partial charge in [0.1, 0.15) is 5.82 Å². The van der Waals surface area contributed by atoms with E-state index < -0.39 is 0 Å². The lowest BCUT2D eigenvalue weighted by molar-refractivity contribution is 0.0278. The topological polar surface area (TPSA) is 9.23 Å². The van der Waals surface area contributed by atoms with Crippen molar-refractivity contribution in [2.75, 3.05) is 0 Å². The van der Waals surface area contributed by atoms with Crippen molar-refractivity contribution >= 4 is 15.9 Å². The van der Waals surface area contributed by atoms with Crippen molar-refractivity contribution in [2.24, 2.45) is 0 Å². The van der Waals surface area contributed by atoms with Crippen molar-refractivity contribution in [3.63, 3.8) is 0 Å². The number of ether oxygens (including phenoxy) is 1. The Bertz CT molecular complexity index is 612. The zero-order chi connectivity index (χ0) is 13.9. The maximum Gasteiger partial charge on any atom is 0.137 e. The van der Waals surface area contributed by atoms with Gasteiger partial charge in [0, 0.05) is 0 Å². The standard InChI is InChI=1S/C17H16BrFO/c18-17-13(7-3-9-15(17)19)11-20-16-10-4-6-12-5-1-2-8-14(12)16/h1-3,5,7-9,16H,4,6,10-11H2. The monoisotopic (exact) mass is 334 g/mol. The van der Waals surface area contributed by atoms with E-state index in [1.54, 1.807) is 6.07 Å². The fraction of sp³-hybridized carbons (Fsp3) is 0.294. The van der Waals surface area contributed by atoms with Gasteiger partial charge in [0.15, 0.2) is 0 Å². The third kappa shape index (κ3) is 2.79. The van der Waals surface area contributed by atoms with E-state index >= 15 is 0 Å². The predicted octanol–water partition coefficient (Wildman–Crippen LogP) is 5.18. The van der Waals surface area contributed by atoms with Crippen molar-refractivity contribution in [2.45, 2.75) is 32.0 Å². The van der Waals surface area contributed by atoms with Gasteiger partial charge in [-0.2, -0.15) is 0 Å². The van der Waals surface area contributed by atoms with Crippen LogP contribution < -0.4 is 0 Å². The Morgan fingerprint density at radius 1 is 1.15 bits per heavy atom. The van der Waals surface area contributed by atoms with Crippen LogP contribution in [0.5, 0.6) is 0 Å². The van der Waals surface area contributed by atoms with Gasteiger partial charge in [-0.1, -0.05) is 36.4 Å². The van der Waals surface area contributed by atoms with E-state index in [1.807, 2.05) is 6.07 Å². The highest BCUT2D eigenvalue weighted by molar-refractivity contribution is 9.10. The molecule has 1 aliphatic carbocycles. The van der Waals surface area contributed by atoms with Crippen molar-refractivity contribution in [1.82, 2.24) is 0 Å². The highest BCUT2D eigenvalue weighted by atomic mass is 79.9. The first kappa shape index (κ1) is 13.8. The van der Waals surface area contributed by atoms with Crippen LogP contribution in [0.3, 0.4) is 0 Å². The minimum absolute atomic E-state index is 0.120. The van der Waals surface area contributed by atoms with Gasteiger partial charge in [0.25, 0.3) is 0 Å². The second-order valence-electron chi connectivity index (χ2n) is 5.10. The van der Waals surface area contributed by atoms with Gasteiger partial charge in [-0.05, 0) is 57.9 Å². The molecule has 0 saturated carbocycles. The first-order chi connectivity index (χ1) is 9.75. The summed E-state index contributed by atoms with van der Waals surface area (Å²) in [6.45, 7) is 0.428. The lowest BCUT2D eigenvalue weighted by Gasteiger charge is -2.25. The summed E-state index contributed by atoms with van der Waals surface area (Å²) < 4.78 is 20.0. The van der Waals surface area contributed by atoms with Gasteiger partial charge >= 0.3 is 0 Å². The molecule has 0 aliphatic heterocycles. The molecule has 0 radical (unpaired) electrons. The van der Waals surface area contributed by atoms with E-state index in [1.165, 1.54) is 17.2 Å². The Morgan fingerprint density at radius 3 is 2.90 bits per heavy atom. The van der Waals surface area contributed by atoms with Crippen LogP contribution >= 0.6 is 15.9 Å². The zero-order valence-electron chi connectivity index (χ0n) is 11.1. The van der Waals surface area contributed by atoms with Gasteiger partial charge in [0.05, 0.1) is 17.2 Å². The maximum atomic E-state index is 13.5. The molecule has 0 saturated heterocycles. The van der Waals surface area contributed by atoms with Crippen LogP contribution in [0.2, 0.25) is 0 Å². The van der Waals surface area contributed by atoms with Gasteiger partial charge in [-0.15, -0.1) is 0 Å². The van der Waals surface area contributed by atoms with Crippen molar-refractivity contribution in [3.8, 4) is 0 Å². The molecule has 104 valence electrons. The molecule has 1 unspecified atom stereocenters. The van der Waals surface area contributed by atoms with Crippen LogP contribution in [0.15, 0.2) is 46.9 Å². The zero-order valence-corrected chi connectivity index (χ0v) is 12.7. The number of fused-ring (bicyclic) bond motifs is 1. The van der Waals surface area contributed by atoms with Crippen molar-refractivity contribution in [3.05, 3.63) is 69.4 Å². The van der Waals surface area contributed by atoms with Gasteiger partial charge in [-0.25, -0.2) is 4.39 Å². The van der Waals surface area contributed by atoms with Crippen LogP contribution in [0, 0.1) is 5.82 Å². The Balaban J connectivity index is 1.75. The van der Waals surface area contributed by atoms with Crippen LogP contribution in [0.1, 0.15) is 35.6 Å². The number of rotatable bonds is 3. The first-order valence-electron chi connectivity index (χ1n) is 6.88. The van der Waals surface area contributed by atoms with Crippen LogP contribution in [-0.4, -0.2) is 0 Å². The molecule has 1 atom stereocenters. The largest absolute Gasteiger partial charge is 0.369 e. The Labute approximate surface area is 126 Å². The molecule has 0 bridgehead atoms. The lowest BCUT2D eigenvalue weighted by Crippen LogP contribution is -2.13. The molecule has 2 aromatic carbocycles. The lowest BCUT2D eigenvalue weighted by atomic mass is 9.89. The Kier molecular flexibility index (Phi) is 4.18. The van der Waals surface area contributed by atoms with Gasteiger partial charge in [-0.3, -0.25) is 0 Å². The normalized spacial score (nSPS) is 17.8. The molecular weight excluding hydrogens is 319 g/mol. The maximum absolute atomic E-state index is 13.5. The minimum Gasteiger partial charge on any atom is -0.369 e. The molecule has 1 aliphatic rings. The van der Waals surface area contributed by atoms with E-state index in [0.717, 1.165) is 24.8 Å². The second kappa shape index (κ2) is 6.06. The van der Waals surface area contributed by atoms with Crippen LogP contribution in [0.25, 0.3) is 0 Å². The molecule has 3 rings (SSSR count). The van der Waals surface area contributed by atoms with E-state index in [-0.39, 0.29) is 11.9 Å². The number of hydrogen-bond donors (Lipinski definition) is 0. The van der Waals surface area contributed by atoms with Gasteiger partial charge < -0.3 is 4.74 Å². The molecule has 2 aromatic rings. The highest BCUT2D eigenvalue weighted by Gasteiger charge is 2.20. The quantitative estimate of drug-likeness (QED) is 0.751. The van der Waals surface area contributed by atoms with Crippen LogP contribution in [0.4, 0.5) is 4.39 Å². The molecule has 0 fully saturated rings. The number of benzene rings is 2. The summed E-state index contributed by atoms with van der Waals surface area (Å²) in [4.78, 5) is 0. The number of halogens is 2. The van der Waals surface area contributed by atoms with E-state index in [2.05, 4.69) is 40.2 Å². The SMILES string of the molecule is Fc1cccc(COC2CCCc3ccccc32)c1Br. The summed E-state index contributed by atoms with van der Waals surface area (Å²) in [7, 11) is 0. The summed E-state index contributed by atoms with van der Waals surface area (Å²) in [5.74, 6) is -0.241. The molecular formula is C17H16BrFO. The summed E-state index contributed by atoms with van der Waals surface area (Å²) in [6, 6.07) is 13.5. The van der Waals surface area contributed by atoms with E-state index in [0.29, 0.717) is 11.1 Å². The summed E-state index contributed by atoms with van der Waals surface area (Å²) >= 11 is 3.28. The fourth-order valence-corrected chi connectivity index (χ4v) is 3.11. The third-order valence-electron chi connectivity index (χ3n) is 3.79. The van der Waals surface area contributed by atoms with E-state index in [4.69, 9.17) is 4.74 Å². The first-order valence-corrected chi connectivity index (χ1v) is 7.67. The van der Waals surface area contributed by atoms with E-state index in [9.17, 15) is 4.39 Å². The van der Waals surface area contributed by atoms with Crippen molar-refractivity contribution < 1.29 is 9.13 Å². The third-order valence-corrected chi connectivity index (χ3v) is 4.67. The fourth-order valence-electron chi connectivity index (χ4n) is 2.73. The van der Waals surface area contributed by atoms with Crippen molar-refractivity contribution in [1.29, 1.82) is 0 Å². The average Bonchev–Trinajstić information content (AvgIpc) is 2.49. The minimum atomic E-state index is -0.241. The molecule has 1 nitrogen and oxygen atoms in total. The molecule has 0 spiro atoms. The summed E-state index contributed by atoms with van der Waals surface area (Å²) in [5, 5.41) is 0. The molecule has 0 heterocycles. The van der Waals surface area contributed by atoms with Crippen LogP contribution in [-0.2, 0) is 17.8 Å². The highest BCUT2D eigenvalue weighted by Crippen LogP contribution is 2.33. The predicted molar refractivity (Wildman–Crippen MR) is 81.0 cm³/mol.